The van der Waals surface area contributed by atoms with Crippen LogP contribution in [0.15, 0.2) is 11.3 Å². The van der Waals surface area contributed by atoms with E-state index in [1.807, 2.05) is 20.8 Å². The van der Waals surface area contributed by atoms with Crippen LogP contribution in [0.1, 0.15) is 41.5 Å². The monoisotopic (exact) mass is 246 g/mol. The van der Waals surface area contributed by atoms with Crippen LogP contribution >= 0.6 is 0 Å². The number of rotatable bonds is 0. The highest BCUT2D eigenvalue weighted by Crippen LogP contribution is 2.36. The third-order valence-electron chi connectivity index (χ3n) is 2.63. The number of nitrogens with one attached hydrogen (secondary N) is 2. The standard InChI is InChI=1S/C11H22N2O2S/c1-10(2,3)8-7-12-16(14,15)13-9(8)11(4,5)6/h12-13H,7H2,1-6H3. The average molecular weight is 246 g/mol. The lowest BCUT2D eigenvalue weighted by Gasteiger charge is -2.36. The maximum atomic E-state index is 11.5. The third kappa shape index (κ3) is 2.98. The van der Waals surface area contributed by atoms with Gasteiger partial charge in [-0.3, -0.25) is 4.72 Å². The molecule has 94 valence electrons. The molecule has 0 saturated carbocycles. The fraction of sp³-hybridized carbons (Fsp3) is 0.818. The summed E-state index contributed by atoms with van der Waals surface area (Å²) >= 11 is 0. The lowest BCUT2D eigenvalue weighted by atomic mass is 9.78. The largest absolute Gasteiger partial charge is 0.299 e. The van der Waals surface area contributed by atoms with Crippen molar-refractivity contribution in [2.24, 2.45) is 10.8 Å². The molecule has 16 heavy (non-hydrogen) atoms. The summed E-state index contributed by atoms with van der Waals surface area (Å²) in [6.07, 6.45) is 0. The second-order valence-electron chi connectivity index (χ2n) is 6.28. The SMILES string of the molecule is CC(C)(C)C1=C(C(C)(C)C)NS(=O)(=O)NC1. The zero-order chi connectivity index (χ0) is 12.8. The molecule has 1 heterocycles. The van der Waals surface area contributed by atoms with Gasteiger partial charge >= 0.3 is 0 Å². The van der Waals surface area contributed by atoms with Gasteiger partial charge < -0.3 is 0 Å². The predicted octanol–water partition coefficient (Wildman–Crippen LogP) is 1.77. The molecule has 0 aromatic rings. The lowest BCUT2D eigenvalue weighted by Crippen LogP contribution is -2.47. The topological polar surface area (TPSA) is 58.2 Å². The van der Waals surface area contributed by atoms with Crippen molar-refractivity contribution in [3.05, 3.63) is 11.3 Å². The van der Waals surface area contributed by atoms with Crippen molar-refractivity contribution < 1.29 is 8.42 Å². The van der Waals surface area contributed by atoms with Crippen LogP contribution in [-0.2, 0) is 10.2 Å². The number of hydrogen-bond acceptors (Lipinski definition) is 2. The molecule has 5 heteroatoms. The van der Waals surface area contributed by atoms with Crippen LogP contribution < -0.4 is 9.44 Å². The molecule has 1 aliphatic rings. The van der Waals surface area contributed by atoms with Gasteiger partial charge in [-0.1, -0.05) is 41.5 Å². The lowest BCUT2D eigenvalue weighted by molar-refractivity contribution is 0.411. The molecule has 0 radical (unpaired) electrons. The van der Waals surface area contributed by atoms with Gasteiger partial charge in [0, 0.05) is 17.7 Å². The minimum atomic E-state index is -3.37. The van der Waals surface area contributed by atoms with E-state index in [0.29, 0.717) is 6.54 Å². The summed E-state index contributed by atoms with van der Waals surface area (Å²) in [6.45, 7) is 12.7. The normalized spacial score (nSPS) is 21.9. The van der Waals surface area contributed by atoms with E-state index in [4.69, 9.17) is 0 Å². The van der Waals surface area contributed by atoms with E-state index >= 15 is 0 Å². The van der Waals surface area contributed by atoms with E-state index in [9.17, 15) is 8.42 Å². The van der Waals surface area contributed by atoms with Crippen molar-refractivity contribution in [2.45, 2.75) is 41.5 Å². The summed E-state index contributed by atoms with van der Waals surface area (Å²) in [7, 11) is -3.37. The molecule has 0 unspecified atom stereocenters. The molecule has 0 spiro atoms. The van der Waals surface area contributed by atoms with Gasteiger partial charge in [-0.15, -0.1) is 0 Å². The van der Waals surface area contributed by atoms with Crippen LogP contribution in [0.25, 0.3) is 0 Å². The first-order valence-electron chi connectivity index (χ1n) is 5.45. The molecule has 0 fully saturated rings. The highest BCUT2D eigenvalue weighted by Gasteiger charge is 2.34. The van der Waals surface area contributed by atoms with Crippen LogP contribution in [0.2, 0.25) is 0 Å². The minimum Gasteiger partial charge on any atom is -0.274 e. The Balaban J connectivity index is 3.32. The Kier molecular flexibility index (Phi) is 3.16. The molecule has 0 aromatic heterocycles. The fourth-order valence-electron chi connectivity index (χ4n) is 1.73. The molecule has 1 rings (SSSR count). The first kappa shape index (κ1) is 13.5. The van der Waals surface area contributed by atoms with E-state index in [2.05, 4.69) is 30.2 Å². The zero-order valence-corrected chi connectivity index (χ0v) is 11.7. The van der Waals surface area contributed by atoms with Crippen molar-refractivity contribution >= 4 is 10.2 Å². The van der Waals surface area contributed by atoms with Gasteiger partial charge in [0.05, 0.1) is 0 Å². The minimum absolute atomic E-state index is 0.0431. The molecule has 0 saturated heterocycles. The number of hydrogen-bond donors (Lipinski definition) is 2. The summed E-state index contributed by atoms with van der Waals surface area (Å²) in [5.41, 5.74) is 1.70. The van der Waals surface area contributed by atoms with Crippen LogP contribution in [0.4, 0.5) is 0 Å². The quantitative estimate of drug-likeness (QED) is 0.684. The smallest absolute Gasteiger partial charge is 0.274 e. The van der Waals surface area contributed by atoms with Gasteiger partial charge in [-0.2, -0.15) is 13.1 Å². The molecule has 2 N–H and O–H groups in total. The van der Waals surface area contributed by atoms with Crippen molar-refractivity contribution in [1.29, 1.82) is 0 Å². The van der Waals surface area contributed by atoms with E-state index in [1.54, 1.807) is 0 Å². The Bertz CT molecular complexity index is 408. The van der Waals surface area contributed by atoms with Gasteiger partial charge in [0.25, 0.3) is 10.2 Å². The Hall–Kier alpha value is -0.550. The highest BCUT2D eigenvalue weighted by molar-refractivity contribution is 7.87. The highest BCUT2D eigenvalue weighted by atomic mass is 32.2. The van der Waals surface area contributed by atoms with Crippen molar-refractivity contribution in [1.82, 2.24) is 9.44 Å². The molecular formula is C11H22N2O2S. The van der Waals surface area contributed by atoms with Gasteiger partial charge in [0.2, 0.25) is 0 Å². The summed E-state index contributed by atoms with van der Waals surface area (Å²) in [5.74, 6) is 0. The predicted molar refractivity (Wildman–Crippen MR) is 66.0 cm³/mol. The fourth-order valence-corrected chi connectivity index (χ4v) is 2.84. The molecule has 0 amide bonds. The summed E-state index contributed by atoms with van der Waals surface area (Å²) in [6, 6.07) is 0. The van der Waals surface area contributed by atoms with E-state index in [0.717, 1.165) is 11.3 Å². The molecule has 0 bridgehead atoms. The molecular weight excluding hydrogens is 224 g/mol. The first-order valence-corrected chi connectivity index (χ1v) is 6.93. The zero-order valence-electron chi connectivity index (χ0n) is 10.9. The average Bonchev–Trinajstić information content (AvgIpc) is 1.97. The summed E-state index contributed by atoms with van der Waals surface area (Å²) < 4.78 is 28.2. The summed E-state index contributed by atoms with van der Waals surface area (Å²) in [4.78, 5) is 0. The first-order chi connectivity index (χ1) is 6.93. The van der Waals surface area contributed by atoms with Crippen molar-refractivity contribution in [2.75, 3.05) is 6.54 Å². The molecule has 0 aliphatic carbocycles. The van der Waals surface area contributed by atoms with Gasteiger partial charge in [0.15, 0.2) is 0 Å². The van der Waals surface area contributed by atoms with Crippen LogP contribution in [-0.4, -0.2) is 15.0 Å². The maximum absolute atomic E-state index is 11.5. The number of allylic oxidation sites excluding steroid dienone is 1. The third-order valence-corrected chi connectivity index (χ3v) is 3.63. The van der Waals surface area contributed by atoms with E-state index in [1.165, 1.54) is 0 Å². The van der Waals surface area contributed by atoms with E-state index < -0.39 is 10.2 Å². The van der Waals surface area contributed by atoms with Crippen LogP contribution in [0.5, 0.6) is 0 Å². The van der Waals surface area contributed by atoms with Gasteiger partial charge in [-0.05, 0) is 11.0 Å². The molecule has 4 nitrogen and oxygen atoms in total. The Morgan fingerprint density at radius 1 is 1.00 bits per heavy atom. The van der Waals surface area contributed by atoms with Crippen LogP contribution in [0, 0.1) is 10.8 Å². The molecule has 1 aliphatic heterocycles. The Labute approximate surface area is 98.7 Å². The summed E-state index contributed by atoms with van der Waals surface area (Å²) in [5, 5.41) is 0. The Morgan fingerprint density at radius 3 is 1.88 bits per heavy atom. The molecule has 0 aromatic carbocycles. The Morgan fingerprint density at radius 2 is 1.50 bits per heavy atom. The van der Waals surface area contributed by atoms with Crippen LogP contribution in [0.3, 0.4) is 0 Å². The van der Waals surface area contributed by atoms with Gasteiger partial charge in [-0.25, -0.2) is 0 Å². The second kappa shape index (κ2) is 3.74. The van der Waals surface area contributed by atoms with Crippen molar-refractivity contribution in [3.8, 4) is 0 Å². The van der Waals surface area contributed by atoms with Crippen molar-refractivity contribution in [3.63, 3.8) is 0 Å². The van der Waals surface area contributed by atoms with Gasteiger partial charge in [0.1, 0.15) is 0 Å². The maximum Gasteiger partial charge on any atom is 0.299 e. The second-order valence-corrected chi connectivity index (χ2v) is 7.78. The van der Waals surface area contributed by atoms with E-state index in [-0.39, 0.29) is 10.8 Å². The molecule has 0 atom stereocenters.